The van der Waals surface area contributed by atoms with Gasteiger partial charge in [-0.1, -0.05) is 0 Å². The number of hydrogen-bond acceptors (Lipinski definition) is 8. The molecule has 0 aliphatic rings. The van der Waals surface area contributed by atoms with Crippen molar-refractivity contribution in [3.05, 3.63) is 60.9 Å². The van der Waals surface area contributed by atoms with E-state index in [2.05, 4.69) is 35.9 Å². The summed E-state index contributed by atoms with van der Waals surface area (Å²) in [6.45, 7) is 1.87. The molecule has 0 fully saturated rings. The number of amides is 1. The number of carbonyl (C=O) groups is 1. The number of nitrogens with one attached hydrogen (secondary N) is 4. The Morgan fingerprint density at radius 3 is 2.30 bits per heavy atom. The minimum absolute atomic E-state index is 0.113. The molecule has 3 aromatic rings. The number of hydrogen-bond donors (Lipinski definition) is 4. The molecule has 0 aliphatic heterocycles. The second-order valence-electron chi connectivity index (χ2n) is 6.20. The molecule has 30 heavy (non-hydrogen) atoms. The number of nitrogens with zero attached hydrogens (tertiary/aromatic N) is 3. The van der Waals surface area contributed by atoms with Crippen LogP contribution in [0, 0.1) is 0 Å². The van der Waals surface area contributed by atoms with Gasteiger partial charge in [-0.2, -0.15) is 0 Å². The van der Waals surface area contributed by atoms with Crippen LogP contribution < -0.4 is 20.7 Å². The molecule has 2 heterocycles. The predicted molar refractivity (Wildman–Crippen MR) is 114 cm³/mol. The highest BCUT2D eigenvalue weighted by Gasteiger charge is 2.13. The first kappa shape index (κ1) is 21.1. The average molecular weight is 427 g/mol. The lowest BCUT2D eigenvalue weighted by Gasteiger charge is -2.09. The molecule has 11 heteroatoms. The highest BCUT2D eigenvalue weighted by molar-refractivity contribution is 7.89. The van der Waals surface area contributed by atoms with E-state index in [0.717, 1.165) is 5.69 Å². The Labute approximate surface area is 174 Å². The van der Waals surface area contributed by atoms with E-state index in [9.17, 15) is 13.2 Å². The summed E-state index contributed by atoms with van der Waals surface area (Å²) in [5.41, 5.74) is 1.33. The van der Waals surface area contributed by atoms with E-state index >= 15 is 0 Å². The first-order chi connectivity index (χ1) is 14.4. The van der Waals surface area contributed by atoms with Crippen molar-refractivity contribution < 1.29 is 13.2 Å². The standard InChI is InChI=1S/C19H21N7O3S/c1-14(27)23-15-4-6-17(7-5-15)30(28,29)22-12-11-21-18-8-9-19(26-25-18)24-16-3-2-10-20-13-16/h2-10,13,22H,11-12H2,1H3,(H,21,25)(H,23,27)(H,24,26). The highest BCUT2D eigenvalue weighted by atomic mass is 32.2. The molecule has 0 atom stereocenters. The molecule has 2 aromatic heterocycles. The third kappa shape index (κ3) is 6.22. The molecule has 0 aliphatic carbocycles. The van der Waals surface area contributed by atoms with E-state index in [0.29, 0.717) is 23.9 Å². The number of sulfonamides is 1. The fourth-order valence-corrected chi connectivity index (χ4v) is 3.49. The lowest BCUT2D eigenvalue weighted by molar-refractivity contribution is -0.114. The smallest absolute Gasteiger partial charge is 0.240 e. The van der Waals surface area contributed by atoms with Crippen LogP contribution in [0.15, 0.2) is 65.8 Å². The van der Waals surface area contributed by atoms with Crippen molar-refractivity contribution in [2.45, 2.75) is 11.8 Å². The Hall–Kier alpha value is -3.57. The van der Waals surface area contributed by atoms with Gasteiger partial charge in [0.15, 0.2) is 5.82 Å². The fourth-order valence-electron chi connectivity index (χ4n) is 2.46. The highest BCUT2D eigenvalue weighted by Crippen LogP contribution is 2.14. The zero-order valence-electron chi connectivity index (χ0n) is 16.2. The lowest BCUT2D eigenvalue weighted by Crippen LogP contribution is -2.29. The van der Waals surface area contributed by atoms with Crippen LogP contribution in [-0.2, 0) is 14.8 Å². The predicted octanol–water partition coefficient (Wildman–Crippen LogP) is 1.96. The van der Waals surface area contributed by atoms with Crippen molar-refractivity contribution in [1.82, 2.24) is 19.9 Å². The van der Waals surface area contributed by atoms with Crippen molar-refractivity contribution in [2.75, 3.05) is 29.0 Å². The van der Waals surface area contributed by atoms with Crippen LogP contribution in [0.25, 0.3) is 0 Å². The fraction of sp³-hybridized carbons (Fsp3) is 0.158. The van der Waals surface area contributed by atoms with E-state index in [1.165, 1.54) is 31.2 Å². The van der Waals surface area contributed by atoms with Crippen molar-refractivity contribution in [1.29, 1.82) is 0 Å². The van der Waals surface area contributed by atoms with Crippen LogP contribution in [0.3, 0.4) is 0 Å². The Kier molecular flexibility index (Phi) is 6.88. The van der Waals surface area contributed by atoms with Crippen molar-refractivity contribution in [2.24, 2.45) is 0 Å². The number of aromatic nitrogens is 3. The maximum absolute atomic E-state index is 12.3. The summed E-state index contributed by atoms with van der Waals surface area (Å²) in [5.74, 6) is 0.862. The van der Waals surface area contributed by atoms with Gasteiger partial charge in [0.25, 0.3) is 0 Å². The largest absolute Gasteiger partial charge is 0.367 e. The van der Waals surface area contributed by atoms with Gasteiger partial charge < -0.3 is 16.0 Å². The maximum Gasteiger partial charge on any atom is 0.240 e. The quantitative estimate of drug-likeness (QED) is 0.380. The van der Waals surface area contributed by atoms with Gasteiger partial charge in [-0.15, -0.1) is 10.2 Å². The summed E-state index contributed by atoms with van der Waals surface area (Å²) < 4.78 is 27.2. The molecule has 0 radical (unpaired) electrons. The third-order valence-corrected chi connectivity index (χ3v) is 5.28. The summed E-state index contributed by atoms with van der Waals surface area (Å²) >= 11 is 0. The molecule has 0 saturated heterocycles. The molecule has 0 unspecified atom stereocenters. The number of rotatable bonds is 9. The van der Waals surface area contributed by atoms with Crippen molar-refractivity contribution in [3.8, 4) is 0 Å². The monoisotopic (exact) mass is 427 g/mol. The van der Waals surface area contributed by atoms with Gasteiger partial charge in [-0.05, 0) is 48.5 Å². The second-order valence-corrected chi connectivity index (χ2v) is 7.97. The van der Waals surface area contributed by atoms with Crippen molar-refractivity contribution >= 4 is 38.9 Å². The van der Waals surface area contributed by atoms with E-state index < -0.39 is 10.0 Å². The van der Waals surface area contributed by atoms with Gasteiger partial charge in [-0.3, -0.25) is 9.78 Å². The number of carbonyl (C=O) groups excluding carboxylic acids is 1. The van der Waals surface area contributed by atoms with Gasteiger partial charge in [0.1, 0.15) is 5.82 Å². The average Bonchev–Trinajstić information content (AvgIpc) is 2.73. The third-order valence-electron chi connectivity index (χ3n) is 3.81. The minimum atomic E-state index is -3.66. The van der Waals surface area contributed by atoms with E-state index in [4.69, 9.17) is 0 Å². The summed E-state index contributed by atoms with van der Waals surface area (Å²) in [6.07, 6.45) is 3.35. The van der Waals surface area contributed by atoms with Crippen molar-refractivity contribution in [3.63, 3.8) is 0 Å². The first-order valence-electron chi connectivity index (χ1n) is 9.04. The molecule has 0 saturated carbocycles. The van der Waals surface area contributed by atoms with E-state index in [1.807, 2.05) is 12.1 Å². The molecule has 1 aromatic carbocycles. The molecule has 1 amide bonds. The zero-order chi connectivity index (χ0) is 21.4. The topological polar surface area (TPSA) is 138 Å². The van der Waals surface area contributed by atoms with Gasteiger partial charge in [0.05, 0.1) is 16.8 Å². The van der Waals surface area contributed by atoms with E-state index in [-0.39, 0.29) is 17.3 Å². The summed E-state index contributed by atoms with van der Waals surface area (Å²) in [4.78, 5) is 15.1. The normalized spacial score (nSPS) is 11.0. The zero-order valence-corrected chi connectivity index (χ0v) is 17.0. The van der Waals surface area contributed by atoms with Gasteiger partial charge in [0, 0.05) is 31.9 Å². The second kappa shape index (κ2) is 9.76. The number of pyridine rings is 1. The Balaban J connectivity index is 1.46. The summed E-state index contributed by atoms with van der Waals surface area (Å²) in [6, 6.07) is 13.1. The number of anilines is 4. The van der Waals surface area contributed by atoms with E-state index in [1.54, 1.807) is 24.5 Å². The van der Waals surface area contributed by atoms with Crippen LogP contribution in [0.2, 0.25) is 0 Å². The van der Waals surface area contributed by atoms with Gasteiger partial charge in [0.2, 0.25) is 15.9 Å². The molecule has 10 nitrogen and oxygen atoms in total. The van der Waals surface area contributed by atoms with Crippen LogP contribution in [0.5, 0.6) is 0 Å². The molecule has 0 spiro atoms. The molecule has 0 bridgehead atoms. The van der Waals surface area contributed by atoms with Gasteiger partial charge in [-0.25, -0.2) is 13.1 Å². The first-order valence-corrected chi connectivity index (χ1v) is 10.5. The molecule has 3 rings (SSSR count). The SMILES string of the molecule is CC(=O)Nc1ccc(S(=O)(=O)NCCNc2ccc(Nc3cccnc3)nn2)cc1. The maximum atomic E-state index is 12.3. The van der Waals surface area contributed by atoms with Crippen LogP contribution in [0.1, 0.15) is 6.92 Å². The summed E-state index contributed by atoms with van der Waals surface area (Å²) in [7, 11) is -3.66. The van der Waals surface area contributed by atoms with Gasteiger partial charge >= 0.3 is 0 Å². The molecular weight excluding hydrogens is 406 g/mol. The van der Waals surface area contributed by atoms with Crippen LogP contribution >= 0.6 is 0 Å². The summed E-state index contributed by atoms with van der Waals surface area (Å²) in [5, 5.41) is 16.8. The van der Waals surface area contributed by atoms with Crippen LogP contribution in [0.4, 0.5) is 23.0 Å². The molecular formula is C19H21N7O3S. The lowest BCUT2D eigenvalue weighted by atomic mass is 10.3. The molecule has 4 N–H and O–H groups in total. The number of benzene rings is 1. The minimum Gasteiger partial charge on any atom is -0.367 e. The Bertz CT molecular complexity index is 1070. The Morgan fingerprint density at radius 1 is 0.933 bits per heavy atom. The van der Waals surface area contributed by atoms with Crippen LogP contribution in [-0.4, -0.2) is 42.6 Å². The Morgan fingerprint density at radius 2 is 1.67 bits per heavy atom. The molecule has 156 valence electrons.